The van der Waals surface area contributed by atoms with Crippen molar-refractivity contribution in [1.82, 2.24) is 0 Å². The van der Waals surface area contributed by atoms with Gasteiger partial charge in [0.15, 0.2) is 0 Å². The van der Waals surface area contributed by atoms with Gasteiger partial charge in [0.1, 0.15) is 6.20 Å². The number of rotatable bonds is 0. The highest BCUT2D eigenvalue weighted by atomic mass is 14.8. The van der Waals surface area contributed by atoms with Gasteiger partial charge in [0.2, 0.25) is 0 Å². The molecule has 26 valence electrons. The molecule has 0 aliphatic carbocycles. The van der Waals surface area contributed by atoms with Crippen LogP contribution in [-0.2, 0) is 0 Å². The molecule has 3 nitrogen and oxygen atoms in total. The van der Waals surface area contributed by atoms with Gasteiger partial charge in [-0.2, -0.15) is 0 Å². The zero-order valence-electron chi connectivity index (χ0n) is 2.55. The molecule has 0 radical (unpaired) electrons. The molecule has 0 spiro atoms. The van der Waals surface area contributed by atoms with Gasteiger partial charge in [-0.05, 0) is 0 Å². The zero-order chi connectivity index (χ0) is 4.12. The van der Waals surface area contributed by atoms with Crippen molar-refractivity contribution in [2.75, 3.05) is 0 Å². The van der Waals surface area contributed by atoms with E-state index in [2.05, 4.69) is 10.5 Å². The fourth-order valence-corrected chi connectivity index (χ4v) is 0.0333. The molecule has 0 saturated carbocycles. The van der Waals surface area contributed by atoms with Crippen LogP contribution in [0, 0.1) is 0 Å². The van der Waals surface area contributed by atoms with Gasteiger partial charge in [-0.15, -0.1) is 4.79 Å². The zero-order valence-corrected chi connectivity index (χ0v) is 2.55. The summed E-state index contributed by atoms with van der Waals surface area (Å²) in [5.41, 5.74) is 12.1. The van der Waals surface area contributed by atoms with E-state index in [9.17, 15) is 0 Å². The molecular formula is C2H3N3. The van der Waals surface area contributed by atoms with Crippen LogP contribution in [0.25, 0.3) is 5.53 Å². The molecule has 0 unspecified atom stereocenters. The minimum absolute atomic E-state index is 1.01. The van der Waals surface area contributed by atoms with Gasteiger partial charge in [0.05, 0.1) is 0 Å². The normalized spacial score (nSPS) is 4.00. The quantitative estimate of drug-likeness (QED) is 0.229. The molecule has 0 aromatic rings. The van der Waals surface area contributed by atoms with Crippen molar-refractivity contribution in [3.8, 4) is 0 Å². The van der Waals surface area contributed by atoms with E-state index in [-0.39, 0.29) is 0 Å². The van der Waals surface area contributed by atoms with Crippen molar-refractivity contribution < 1.29 is 4.79 Å². The Balaban J connectivity index is 3.75. The van der Waals surface area contributed by atoms with Crippen molar-refractivity contribution in [2.45, 2.75) is 0 Å². The van der Waals surface area contributed by atoms with Gasteiger partial charge in [0.25, 0.3) is 0 Å². The SMILES string of the molecule is [N-]=[N+]=C=CN. The first-order chi connectivity index (χ1) is 2.41. The Hall–Kier alpha value is -1.04. The smallest absolute Gasteiger partial charge is 0.316 e. The minimum Gasteiger partial charge on any atom is -0.393 e. The molecule has 0 heterocycles. The minimum atomic E-state index is 1.01. The highest BCUT2D eigenvalue weighted by Gasteiger charge is 1.41. The second kappa shape index (κ2) is 2.96. The van der Waals surface area contributed by atoms with Crippen LogP contribution in [0.4, 0.5) is 0 Å². The fraction of sp³-hybridized carbons (Fsp3) is 0. The summed E-state index contributed by atoms with van der Waals surface area (Å²) in [5.74, 6) is 1.94. The molecule has 3 heteroatoms. The van der Waals surface area contributed by atoms with Crippen LogP contribution < -0.4 is 5.73 Å². The maximum absolute atomic E-state index is 7.47. The van der Waals surface area contributed by atoms with E-state index in [1.54, 1.807) is 0 Å². The van der Waals surface area contributed by atoms with E-state index in [4.69, 9.17) is 5.53 Å². The highest BCUT2D eigenvalue weighted by molar-refractivity contribution is 5.42. The Kier molecular flexibility index (Phi) is 2.34. The van der Waals surface area contributed by atoms with Crippen LogP contribution in [-0.4, -0.2) is 10.7 Å². The summed E-state index contributed by atoms with van der Waals surface area (Å²) in [5, 5.41) is 0. The average Bonchev–Trinajstić information content (AvgIpc) is 1.41. The van der Waals surface area contributed by atoms with E-state index in [1.807, 2.05) is 5.87 Å². The van der Waals surface area contributed by atoms with Gasteiger partial charge in [-0.25, -0.2) is 0 Å². The standard InChI is InChI=1S/C2H3N3/c3-1-2-5-4/h1H,3H2. The highest BCUT2D eigenvalue weighted by Crippen LogP contribution is 1.17. The average molecular weight is 69.1 g/mol. The summed E-state index contributed by atoms with van der Waals surface area (Å²) in [6.07, 6.45) is 1.01. The predicted molar refractivity (Wildman–Crippen MR) is 17.4 cm³/mol. The van der Waals surface area contributed by atoms with Crippen molar-refractivity contribution in [2.24, 2.45) is 5.73 Å². The predicted octanol–water partition coefficient (Wildman–Crippen LogP) is -0.642. The first-order valence-electron chi connectivity index (χ1n) is 1.05. The van der Waals surface area contributed by atoms with Crippen molar-refractivity contribution in [3.63, 3.8) is 0 Å². The van der Waals surface area contributed by atoms with E-state index in [1.165, 1.54) is 0 Å². The summed E-state index contributed by atoms with van der Waals surface area (Å²) in [4.78, 5) is 2.42. The van der Waals surface area contributed by atoms with E-state index < -0.39 is 0 Å². The van der Waals surface area contributed by atoms with Crippen LogP contribution in [0.2, 0.25) is 0 Å². The molecule has 2 N–H and O–H groups in total. The molecular weight excluding hydrogens is 66.0 g/mol. The van der Waals surface area contributed by atoms with Crippen LogP contribution in [0.5, 0.6) is 0 Å². The summed E-state index contributed by atoms with van der Waals surface area (Å²) < 4.78 is 0. The van der Waals surface area contributed by atoms with E-state index in [0.717, 1.165) is 6.20 Å². The number of hydrogen-bond acceptors (Lipinski definition) is 1. The molecule has 0 atom stereocenters. The third-order valence-corrected chi connectivity index (χ3v) is 0.132. The summed E-state index contributed by atoms with van der Waals surface area (Å²) in [6.45, 7) is 0. The molecule has 0 aliphatic rings. The lowest BCUT2D eigenvalue weighted by atomic mass is 11.0. The number of nitrogens with two attached hydrogens (primary N) is 1. The van der Waals surface area contributed by atoms with E-state index in [0.29, 0.717) is 0 Å². The number of hydrogen-bond donors (Lipinski definition) is 1. The summed E-state index contributed by atoms with van der Waals surface area (Å²) >= 11 is 0. The van der Waals surface area contributed by atoms with Gasteiger partial charge < -0.3 is 11.3 Å². The molecule has 0 amide bonds. The maximum Gasteiger partial charge on any atom is 0.316 e. The van der Waals surface area contributed by atoms with Crippen molar-refractivity contribution in [1.29, 1.82) is 0 Å². The second-order valence-corrected chi connectivity index (χ2v) is 0.396. The Labute approximate surface area is 29.3 Å². The topological polar surface area (TPSA) is 62.4 Å². The lowest BCUT2D eigenvalue weighted by molar-refractivity contribution is 0.00790. The Bertz CT molecular complexity index is 83.1. The maximum atomic E-state index is 7.47. The van der Waals surface area contributed by atoms with Gasteiger partial charge in [-0.3, -0.25) is 0 Å². The third-order valence-electron chi connectivity index (χ3n) is 0.132. The first-order valence-corrected chi connectivity index (χ1v) is 1.05. The van der Waals surface area contributed by atoms with Crippen LogP contribution in [0.1, 0.15) is 0 Å². The number of nitrogens with zero attached hydrogens (tertiary/aromatic N) is 2. The molecule has 0 bridgehead atoms. The lowest BCUT2D eigenvalue weighted by Gasteiger charge is -1.37. The molecule has 0 aromatic carbocycles. The summed E-state index contributed by atoms with van der Waals surface area (Å²) in [6, 6.07) is 0. The fourth-order valence-electron chi connectivity index (χ4n) is 0.0333. The lowest BCUT2D eigenvalue weighted by Crippen LogP contribution is -1.73. The van der Waals surface area contributed by atoms with Gasteiger partial charge in [0, 0.05) is 0 Å². The Morgan fingerprint density at radius 1 is 2.00 bits per heavy atom. The van der Waals surface area contributed by atoms with Crippen LogP contribution in [0.15, 0.2) is 6.20 Å². The molecule has 0 saturated heterocycles. The van der Waals surface area contributed by atoms with E-state index >= 15 is 0 Å². The first kappa shape index (κ1) is 3.96. The Morgan fingerprint density at radius 2 is 2.60 bits per heavy atom. The molecule has 0 aliphatic heterocycles. The third kappa shape index (κ3) is 2.96. The largest absolute Gasteiger partial charge is 0.393 e. The molecule has 0 rings (SSSR count). The van der Waals surface area contributed by atoms with Gasteiger partial charge >= 0.3 is 5.87 Å². The second-order valence-electron chi connectivity index (χ2n) is 0.396. The Morgan fingerprint density at radius 3 is 2.60 bits per heavy atom. The van der Waals surface area contributed by atoms with Crippen molar-refractivity contribution >= 4 is 5.87 Å². The molecule has 0 aromatic heterocycles. The van der Waals surface area contributed by atoms with Crippen LogP contribution >= 0.6 is 0 Å². The monoisotopic (exact) mass is 69.0 g/mol. The molecule has 5 heavy (non-hydrogen) atoms. The van der Waals surface area contributed by atoms with Gasteiger partial charge in [-0.1, -0.05) is 0 Å². The van der Waals surface area contributed by atoms with Crippen molar-refractivity contribution in [3.05, 3.63) is 11.7 Å². The molecule has 0 fully saturated rings. The summed E-state index contributed by atoms with van der Waals surface area (Å²) in [7, 11) is 0. The van der Waals surface area contributed by atoms with Crippen LogP contribution in [0.3, 0.4) is 0 Å².